The van der Waals surface area contributed by atoms with Crippen LogP contribution < -0.4 is 10.6 Å². The molecule has 5 heterocycles. The summed E-state index contributed by atoms with van der Waals surface area (Å²) in [5, 5.41) is 5.16. The third kappa shape index (κ3) is 8.45. The fourth-order valence-electron chi connectivity index (χ4n) is 6.81. The monoisotopic (exact) mass is 794 g/mol. The Balaban J connectivity index is 1.01. The van der Waals surface area contributed by atoms with Gasteiger partial charge in [-0.2, -0.15) is 0 Å². The van der Waals surface area contributed by atoms with E-state index in [0.717, 1.165) is 51.5 Å². The van der Waals surface area contributed by atoms with Crippen LogP contribution >= 0.6 is 22.7 Å². The molecule has 56 heavy (non-hydrogen) atoms. The molecule has 16 heteroatoms. The minimum Gasteiger partial charge on any atom is -0.453 e. The van der Waals surface area contributed by atoms with Crippen LogP contribution in [-0.2, 0) is 25.6 Å². The lowest BCUT2D eigenvalue weighted by Gasteiger charge is -2.28. The highest BCUT2D eigenvalue weighted by Gasteiger charge is 2.37. The smallest absolute Gasteiger partial charge is 0.407 e. The molecule has 4 N–H and O–H groups in total. The average Bonchev–Trinajstić information content (AvgIpc) is 4.07. The Morgan fingerprint density at radius 3 is 2.32 bits per heavy atom. The van der Waals surface area contributed by atoms with E-state index in [1.54, 1.807) is 44.9 Å². The third-order valence-corrected chi connectivity index (χ3v) is 12.0. The number of imidazole rings is 2. The number of fused-ring (bicyclic) bond motifs is 1. The number of benzene rings is 2. The second-order valence-corrected chi connectivity index (χ2v) is 15.5. The van der Waals surface area contributed by atoms with Crippen molar-refractivity contribution in [2.75, 3.05) is 33.9 Å². The van der Waals surface area contributed by atoms with E-state index < -0.39 is 18.2 Å². The zero-order valence-electron chi connectivity index (χ0n) is 31.2. The van der Waals surface area contributed by atoms with Crippen molar-refractivity contribution in [2.24, 2.45) is 0 Å². The number of thiophene rings is 2. The predicted octanol–water partition coefficient (Wildman–Crippen LogP) is 7.27. The Labute approximate surface area is 331 Å². The molecule has 0 saturated carbocycles. The summed E-state index contributed by atoms with van der Waals surface area (Å²) in [7, 11) is 2.54. The van der Waals surface area contributed by atoms with Crippen LogP contribution in [0.4, 0.5) is 9.59 Å². The molecule has 4 aromatic heterocycles. The molecule has 0 aliphatic carbocycles. The van der Waals surface area contributed by atoms with E-state index in [-0.39, 0.29) is 24.4 Å². The van der Waals surface area contributed by atoms with Crippen LogP contribution in [-0.4, -0.2) is 87.6 Å². The number of H-pyrrole nitrogens is 2. The summed E-state index contributed by atoms with van der Waals surface area (Å²) in [5.74, 6) is 0.952. The number of aromatic nitrogens is 4. The minimum absolute atomic E-state index is 0.143. The Hall–Kier alpha value is -6.00. The second-order valence-electron chi connectivity index (χ2n) is 13.3. The average molecular weight is 795 g/mol. The van der Waals surface area contributed by atoms with Crippen molar-refractivity contribution in [3.8, 4) is 32.3 Å². The van der Waals surface area contributed by atoms with Crippen LogP contribution in [0.3, 0.4) is 0 Å². The van der Waals surface area contributed by atoms with Crippen LogP contribution in [0.1, 0.15) is 55.5 Å². The molecular weight excluding hydrogens is 753 g/mol. The van der Waals surface area contributed by atoms with Gasteiger partial charge in [0.2, 0.25) is 5.91 Å². The zero-order chi connectivity index (χ0) is 39.2. The number of alkyl carbamates (subject to hydrolysis) is 2. The first-order valence-electron chi connectivity index (χ1n) is 18.3. The summed E-state index contributed by atoms with van der Waals surface area (Å²) in [5.41, 5.74) is 4.50. The Morgan fingerprint density at radius 1 is 0.893 bits per heavy atom. The van der Waals surface area contributed by atoms with E-state index in [4.69, 9.17) is 9.72 Å². The number of amides is 4. The summed E-state index contributed by atoms with van der Waals surface area (Å²) in [6.45, 7) is 3.25. The maximum Gasteiger partial charge on any atom is 0.407 e. The fraction of sp³-hybridized carbons (Fsp3) is 0.300. The van der Waals surface area contributed by atoms with Gasteiger partial charge in [-0.15, -0.1) is 22.7 Å². The number of carbonyl (C=O) groups is 4. The number of likely N-dealkylation sites (tertiary alicyclic amines) is 1. The van der Waals surface area contributed by atoms with Gasteiger partial charge in [-0.1, -0.05) is 61.5 Å². The molecule has 1 fully saturated rings. The van der Waals surface area contributed by atoms with Gasteiger partial charge in [-0.3, -0.25) is 9.59 Å². The van der Waals surface area contributed by atoms with Gasteiger partial charge in [0.15, 0.2) is 0 Å². The van der Waals surface area contributed by atoms with E-state index in [2.05, 4.69) is 66.7 Å². The maximum atomic E-state index is 13.9. The van der Waals surface area contributed by atoms with Crippen molar-refractivity contribution in [1.82, 2.24) is 40.4 Å². The van der Waals surface area contributed by atoms with Crippen molar-refractivity contribution in [1.29, 1.82) is 0 Å². The van der Waals surface area contributed by atoms with Gasteiger partial charge in [0.1, 0.15) is 24.2 Å². The molecule has 1 aliphatic heterocycles. The zero-order valence-corrected chi connectivity index (χ0v) is 32.8. The molecule has 290 valence electrons. The van der Waals surface area contributed by atoms with Crippen molar-refractivity contribution in [3.63, 3.8) is 0 Å². The highest BCUT2D eigenvalue weighted by atomic mass is 32.1. The number of methoxy groups -OCH3 is 2. The molecule has 6 aromatic rings. The Morgan fingerprint density at radius 2 is 1.59 bits per heavy atom. The second kappa shape index (κ2) is 17.2. The predicted molar refractivity (Wildman–Crippen MR) is 215 cm³/mol. The van der Waals surface area contributed by atoms with Crippen molar-refractivity contribution in [2.45, 2.75) is 44.8 Å². The SMILES string of the molecule is CCCN(Cc1ncc(-c2cc3sc(-c4ccc(-c5cnc(C6CCCN6C(=O)[C@H](NC(=O)OC)c6ccccc6)[nH]5)cc4)cc3s2)[nH]1)C(=O)CNC(=O)OC. The van der Waals surface area contributed by atoms with E-state index in [1.165, 1.54) is 23.6 Å². The molecule has 4 amide bonds. The summed E-state index contributed by atoms with van der Waals surface area (Å²) in [4.78, 5) is 71.9. The van der Waals surface area contributed by atoms with Gasteiger partial charge < -0.3 is 39.9 Å². The van der Waals surface area contributed by atoms with E-state index in [0.29, 0.717) is 36.8 Å². The quantitative estimate of drug-likeness (QED) is 0.0945. The highest BCUT2D eigenvalue weighted by molar-refractivity contribution is 7.31. The van der Waals surface area contributed by atoms with Gasteiger partial charge in [-0.25, -0.2) is 19.6 Å². The number of ether oxygens (including phenoxy) is 2. The number of aromatic amines is 2. The van der Waals surface area contributed by atoms with E-state index >= 15 is 0 Å². The number of carbonyl (C=O) groups excluding carboxylic acids is 4. The van der Waals surface area contributed by atoms with E-state index in [1.807, 2.05) is 37.3 Å². The maximum absolute atomic E-state index is 13.9. The summed E-state index contributed by atoms with van der Waals surface area (Å²) in [6, 6.07) is 20.8. The summed E-state index contributed by atoms with van der Waals surface area (Å²) >= 11 is 3.40. The normalized spacial score (nSPS) is 14.4. The third-order valence-electron chi connectivity index (χ3n) is 9.61. The van der Waals surface area contributed by atoms with Crippen molar-refractivity contribution < 1.29 is 28.7 Å². The standard InChI is InChI=1S/C40H42N8O6S2/c1-4-16-47(35(49)22-43-39(51)53-2)23-34-41-21-28(44-34)31-19-33-32(56-31)18-30(55-33)25-14-12-24(13-15-25)27-20-42-37(45-27)29-11-8-17-48(29)38(50)36(46-40(52)54-3)26-9-6-5-7-10-26/h5-7,9-10,12-15,18-21,29,36H,4,8,11,16-17,22-23H2,1-3H3,(H,41,44)(H,42,45)(H,43,51)(H,46,52)/t29?,36-/m1/s1. The summed E-state index contributed by atoms with van der Waals surface area (Å²) in [6.07, 6.45) is 4.63. The Kier molecular flexibility index (Phi) is 11.8. The van der Waals surface area contributed by atoms with E-state index in [9.17, 15) is 19.2 Å². The molecule has 2 aromatic carbocycles. The minimum atomic E-state index is -0.876. The fourth-order valence-corrected chi connectivity index (χ4v) is 9.18. The van der Waals surface area contributed by atoms with Crippen LogP contribution in [0.5, 0.6) is 0 Å². The first-order valence-corrected chi connectivity index (χ1v) is 19.9. The molecule has 1 saturated heterocycles. The van der Waals surface area contributed by atoms with Gasteiger partial charge in [0.05, 0.1) is 55.5 Å². The molecule has 14 nitrogen and oxygen atoms in total. The number of hydrogen-bond acceptors (Lipinski definition) is 10. The van der Waals surface area contributed by atoms with Crippen LogP contribution in [0, 0.1) is 0 Å². The molecule has 0 bridgehead atoms. The highest BCUT2D eigenvalue weighted by Crippen LogP contribution is 2.42. The largest absolute Gasteiger partial charge is 0.453 e. The lowest BCUT2D eigenvalue weighted by atomic mass is 10.1. The van der Waals surface area contributed by atoms with Gasteiger partial charge in [-0.05, 0) is 48.1 Å². The van der Waals surface area contributed by atoms with Crippen molar-refractivity contribution >= 4 is 56.1 Å². The molecule has 7 rings (SSSR count). The molecule has 1 aliphatic rings. The van der Waals surface area contributed by atoms with Gasteiger partial charge in [0.25, 0.3) is 5.91 Å². The molecular formula is C40H42N8O6S2. The number of rotatable bonds is 13. The number of nitrogens with zero attached hydrogens (tertiary/aromatic N) is 4. The lowest BCUT2D eigenvalue weighted by molar-refractivity contribution is -0.134. The van der Waals surface area contributed by atoms with Crippen LogP contribution in [0.2, 0.25) is 0 Å². The molecule has 2 atom stereocenters. The topological polar surface area (TPSA) is 175 Å². The lowest BCUT2D eigenvalue weighted by Crippen LogP contribution is -2.42. The molecule has 0 spiro atoms. The first kappa shape index (κ1) is 38.3. The molecule has 1 unspecified atom stereocenters. The summed E-state index contributed by atoms with van der Waals surface area (Å²) < 4.78 is 11.7. The van der Waals surface area contributed by atoms with Gasteiger partial charge in [0, 0.05) is 27.4 Å². The first-order chi connectivity index (χ1) is 27.2. The van der Waals surface area contributed by atoms with Gasteiger partial charge >= 0.3 is 12.2 Å². The number of nitrogens with one attached hydrogen (secondary N) is 4. The number of hydrogen-bond donors (Lipinski definition) is 4. The van der Waals surface area contributed by atoms with Crippen LogP contribution in [0.25, 0.3) is 41.7 Å². The molecule has 0 radical (unpaired) electrons. The van der Waals surface area contributed by atoms with Crippen molar-refractivity contribution in [3.05, 3.63) is 96.3 Å². The Bertz CT molecular complexity index is 2280. The van der Waals surface area contributed by atoms with Crippen LogP contribution in [0.15, 0.2) is 79.1 Å².